The largest absolute Gasteiger partial charge is 0.483 e. The average molecular weight is 277 g/mol. The van der Waals surface area contributed by atoms with Gasteiger partial charge in [0.15, 0.2) is 6.61 Å². The van der Waals surface area contributed by atoms with Crippen molar-refractivity contribution in [3.05, 3.63) is 29.3 Å². The predicted molar refractivity (Wildman–Crippen MR) is 74.0 cm³/mol. The molecule has 0 aliphatic heterocycles. The second-order valence-corrected chi connectivity index (χ2v) is 5.07. The number of carbonyl (C=O) groups excluding carboxylic acids is 1. The second kappa shape index (κ2) is 6.41. The average Bonchev–Trinajstić information content (AvgIpc) is 2.90. The second-order valence-electron chi connectivity index (χ2n) is 5.07. The number of carboxylic acid groups (broad SMARTS) is 1. The van der Waals surface area contributed by atoms with Gasteiger partial charge in [0.2, 0.25) is 0 Å². The quantitative estimate of drug-likeness (QED) is 0.864. The smallest absolute Gasteiger partial charge is 0.336 e. The fraction of sp³-hybridized carbons (Fsp3) is 0.467. The number of nitrogens with one attached hydrogen (secondary N) is 1. The lowest BCUT2D eigenvalue weighted by Gasteiger charge is -2.14. The topological polar surface area (TPSA) is 75.6 Å². The van der Waals surface area contributed by atoms with Gasteiger partial charge in [-0.05, 0) is 31.9 Å². The zero-order chi connectivity index (χ0) is 14.5. The van der Waals surface area contributed by atoms with E-state index in [0.717, 1.165) is 25.7 Å². The lowest BCUT2D eigenvalue weighted by Crippen LogP contribution is -2.36. The first-order valence-electron chi connectivity index (χ1n) is 6.83. The zero-order valence-electron chi connectivity index (χ0n) is 11.5. The van der Waals surface area contributed by atoms with Gasteiger partial charge in [-0.25, -0.2) is 4.79 Å². The van der Waals surface area contributed by atoms with Crippen LogP contribution in [0.5, 0.6) is 5.75 Å². The molecule has 0 spiro atoms. The van der Waals surface area contributed by atoms with Crippen LogP contribution in [-0.4, -0.2) is 29.6 Å². The van der Waals surface area contributed by atoms with Crippen LogP contribution in [0.1, 0.15) is 41.6 Å². The SMILES string of the molecule is Cc1c(OCC(=O)NC2CCCC2)cccc1C(=O)O. The van der Waals surface area contributed by atoms with Crippen LogP contribution in [0.4, 0.5) is 0 Å². The Morgan fingerprint density at radius 2 is 2.05 bits per heavy atom. The minimum absolute atomic E-state index is 0.0829. The van der Waals surface area contributed by atoms with Crippen LogP contribution in [-0.2, 0) is 4.79 Å². The van der Waals surface area contributed by atoms with Gasteiger partial charge in [0.25, 0.3) is 5.91 Å². The van der Waals surface area contributed by atoms with E-state index in [2.05, 4.69) is 5.32 Å². The molecule has 0 aromatic heterocycles. The maximum absolute atomic E-state index is 11.8. The normalized spacial score (nSPS) is 15.1. The molecule has 0 atom stereocenters. The first kappa shape index (κ1) is 14.4. The Hall–Kier alpha value is -2.04. The molecule has 5 heteroatoms. The highest BCUT2D eigenvalue weighted by molar-refractivity contribution is 5.90. The molecule has 0 saturated heterocycles. The molecule has 1 fully saturated rings. The summed E-state index contributed by atoms with van der Waals surface area (Å²) in [5.41, 5.74) is 0.729. The first-order chi connectivity index (χ1) is 9.58. The molecule has 1 amide bonds. The standard InChI is InChI=1S/C15H19NO4/c1-10-12(15(18)19)7-4-8-13(10)20-9-14(17)16-11-5-2-3-6-11/h4,7-8,11H,2-3,5-6,9H2,1H3,(H,16,17)(H,18,19). The highest BCUT2D eigenvalue weighted by Gasteiger charge is 2.18. The molecule has 2 N–H and O–H groups in total. The van der Waals surface area contributed by atoms with Gasteiger partial charge >= 0.3 is 5.97 Å². The number of benzene rings is 1. The molecule has 1 aliphatic rings. The fourth-order valence-electron chi connectivity index (χ4n) is 2.49. The molecule has 108 valence electrons. The maximum atomic E-state index is 11.8. The predicted octanol–water partition coefficient (Wildman–Crippen LogP) is 2.13. The van der Waals surface area contributed by atoms with Crippen molar-refractivity contribution >= 4 is 11.9 Å². The lowest BCUT2D eigenvalue weighted by atomic mass is 10.1. The van der Waals surface area contributed by atoms with E-state index in [4.69, 9.17) is 9.84 Å². The van der Waals surface area contributed by atoms with Gasteiger partial charge < -0.3 is 15.2 Å². The van der Waals surface area contributed by atoms with Crippen molar-refractivity contribution in [2.45, 2.75) is 38.6 Å². The van der Waals surface area contributed by atoms with E-state index in [1.165, 1.54) is 6.07 Å². The number of rotatable bonds is 5. The monoisotopic (exact) mass is 277 g/mol. The summed E-state index contributed by atoms with van der Waals surface area (Å²) in [6.45, 7) is 1.59. The van der Waals surface area contributed by atoms with E-state index in [9.17, 15) is 9.59 Å². The Morgan fingerprint density at radius 3 is 2.70 bits per heavy atom. The van der Waals surface area contributed by atoms with Gasteiger partial charge in [-0.2, -0.15) is 0 Å². The Bertz CT molecular complexity index is 507. The lowest BCUT2D eigenvalue weighted by molar-refractivity contribution is -0.123. The first-order valence-corrected chi connectivity index (χ1v) is 6.83. The van der Waals surface area contributed by atoms with Gasteiger partial charge in [-0.3, -0.25) is 4.79 Å². The third kappa shape index (κ3) is 3.50. The third-order valence-electron chi connectivity index (χ3n) is 3.59. The van der Waals surface area contributed by atoms with Gasteiger partial charge in [0.05, 0.1) is 5.56 Å². The van der Waals surface area contributed by atoms with Gasteiger partial charge in [0, 0.05) is 11.6 Å². The van der Waals surface area contributed by atoms with E-state index in [1.54, 1.807) is 19.1 Å². The molecular weight excluding hydrogens is 258 g/mol. The van der Waals surface area contributed by atoms with Crippen LogP contribution >= 0.6 is 0 Å². The molecule has 1 aliphatic carbocycles. The van der Waals surface area contributed by atoms with Crippen molar-refractivity contribution in [1.82, 2.24) is 5.32 Å². The van der Waals surface area contributed by atoms with Crippen LogP contribution in [0.2, 0.25) is 0 Å². The van der Waals surface area contributed by atoms with Crippen LogP contribution in [0.25, 0.3) is 0 Å². The third-order valence-corrected chi connectivity index (χ3v) is 3.59. The summed E-state index contributed by atoms with van der Waals surface area (Å²) in [6, 6.07) is 5.06. The van der Waals surface area contributed by atoms with E-state index >= 15 is 0 Å². The summed E-state index contributed by atoms with van der Waals surface area (Å²) in [4.78, 5) is 22.8. The number of aromatic carboxylic acids is 1. The van der Waals surface area contributed by atoms with Crippen molar-refractivity contribution in [1.29, 1.82) is 0 Å². The van der Waals surface area contributed by atoms with Gasteiger partial charge in [-0.1, -0.05) is 18.9 Å². The maximum Gasteiger partial charge on any atom is 0.336 e. The highest BCUT2D eigenvalue weighted by Crippen LogP contribution is 2.21. The van der Waals surface area contributed by atoms with Crippen molar-refractivity contribution in [3.63, 3.8) is 0 Å². The summed E-state index contributed by atoms with van der Waals surface area (Å²) < 4.78 is 5.42. The van der Waals surface area contributed by atoms with Crippen molar-refractivity contribution < 1.29 is 19.4 Å². The number of hydrogen-bond donors (Lipinski definition) is 2. The van der Waals surface area contributed by atoms with E-state index in [-0.39, 0.29) is 24.1 Å². The molecular formula is C15H19NO4. The molecule has 1 saturated carbocycles. The van der Waals surface area contributed by atoms with Crippen LogP contribution in [0.3, 0.4) is 0 Å². The van der Waals surface area contributed by atoms with E-state index < -0.39 is 5.97 Å². The molecule has 1 aromatic rings. The molecule has 2 rings (SSSR count). The van der Waals surface area contributed by atoms with Crippen molar-refractivity contribution in [2.24, 2.45) is 0 Å². The summed E-state index contributed by atoms with van der Waals surface area (Å²) in [6.07, 6.45) is 4.37. The molecule has 0 bridgehead atoms. The Kier molecular flexibility index (Phi) is 4.61. The van der Waals surface area contributed by atoms with Crippen LogP contribution in [0, 0.1) is 6.92 Å². The Morgan fingerprint density at radius 1 is 1.35 bits per heavy atom. The van der Waals surface area contributed by atoms with Gasteiger partial charge in [-0.15, -0.1) is 0 Å². The summed E-state index contributed by atoms with van der Waals surface area (Å²) in [7, 11) is 0. The number of ether oxygens (including phenoxy) is 1. The molecule has 0 heterocycles. The fourth-order valence-corrected chi connectivity index (χ4v) is 2.49. The van der Waals surface area contributed by atoms with E-state index in [0.29, 0.717) is 11.3 Å². The number of carboxylic acids is 1. The Balaban J connectivity index is 1.91. The Labute approximate surface area is 117 Å². The number of hydrogen-bond acceptors (Lipinski definition) is 3. The summed E-state index contributed by atoms with van der Waals surface area (Å²) in [5, 5.41) is 11.9. The minimum Gasteiger partial charge on any atom is -0.483 e. The van der Waals surface area contributed by atoms with E-state index in [1.807, 2.05) is 0 Å². The molecule has 0 unspecified atom stereocenters. The van der Waals surface area contributed by atoms with Gasteiger partial charge in [0.1, 0.15) is 5.75 Å². The minimum atomic E-state index is -0.997. The van der Waals surface area contributed by atoms with Crippen LogP contribution < -0.4 is 10.1 Å². The van der Waals surface area contributed by atoms with Crippen molar-refractivity contribution in [3.8, 4) is 5.75 Å². The summed E-state index contributed by atoms with van der Waals surface area (Å²) >= 11 is 0. The molecule has 1 aromatic carbocycles. The molecule has 20 heavy (non-hydrogen) atoms. The number of amides is 1. The van der Waals surface area contributed by atoms with Crippen molar-refractivity contribution in [2.75, 3.05) is 6.61 Å². The molecule has 5 nitrogen and oxygen atoms in total. The number of carbonyl (C=O) groups is 2. The van der Waals surface area contributed by atoms with Crippen LogP contribution in [0.15, 0.2) is 18.2 Å². The highest BCUT2D eigenvalue weighted by atomic mass is 16.5. The zero-order valence-corrected chi connectivity index (χ0v) is 11.5. The molecule has 0 radical (unpaired) electrons. The summed E-state index contributed by atoms with van der Waals surface area (Å²) in [5.74, 6) is -0.716.